The smallest absolute Gasteiger partial charge is 0.310 e. The molecular formula is C36H41FN2O5. The van der Waals surface area contributed by atoms with Crippen LogP contribution in [0, 0.1) is 17.7 Å². The first-order valence-electron chi connectivity index (χ1n) is 14.8. The van der Waals surface area contributed by atoms with Crippen molar-refractivity contribution in [1.82, 2.24) is 10.2 Å². The van der Waals surface area contributed by atoms with Crippen molar-refractivity contribution in [2.24, 2.45) is 11.8 Å². The van der Waals surface area contributed by atoms with Gasteiger partial charge in [0, 0.05) is 19.5 Å². The van der Waals surface area contributed by atoms with Gasteiger partial charge in [0.2, 0.25) is 11.8 Å². The number of aliphatic hydroxyl groups is 1. The van der Waals surface area contributed by atoms with Crippen molar-refractivity contribution >= 4 is 17.8 Å². The number of halogens is 1. The van der Waals surface area contributed by atoms with E-state index in [0.29, 0.717) is 24.9 Å². The van der Waals surface area contributed by atoms with Gasteiger partial charge in [0.1, 0.15) is 11.9 Å². The van der Waals surface area contributed by atoms with Crippen LogP contribution in [0.4, 0.5) is 4.39 Å². The number of hydrogen-bond donors (Lipinski definition) is 2. The third kappa shape index (κ3) is 10.9. The molecule has 2 amide bonds. The summed E-state index contributed by atoms with van der Waals surface area (Å²) in [7, 11) is 0. The Labute approximate surface area is 259 Å². The second-order valence-corrected chi connectivity index (χ2v) is 10.6. The Morgan fingerprint density at radius 1 is 0.864 bits per heavy atom. The number of allylic oxidation sites excluding steroid dienone is 2. The molecule has 0 saturated carbocycles. The fraction of sp³-hybridized carbons (Fsp3) is 0.306. The highest BCUT2D eigenvalue weighted by Crippen LogP contribution is 2.23. The molecule has 3 atom stereocenters. The second-order valence-electron chi connectivity index (χ2n) is 10.6. The summed E-state index contributed by atoms with van der Waals surface area (Å²) in [4.78, 5) is 41.5. The monoisotopic (exact) mass is 600 g/mol. The van der Waals surface area contributed by atoms with Gasteiger partial charge in [-0.25, -0.2) is 4.39 Å². The van der Waals surface area contributed by atoms with Crippen LogP contribution in [0.2, 0.25) is 0 Å². The van der Waals surface area contributed by atoms with Crippen LogP contribution in [0.25, 0.3) is 0 Å². The number of amides is 2. The lowest BCUT2D eigenvalue weighted by Crippen LogP contribution is -2.39. The minimum atomic E-state index is -0.780. The molecule has 0 unspecified atom stereocenters. The van der Waals surface area contributed by atoms with Crippen molar-refractivity contribution in [3.8, 4) is 0 Å². The molecule has 2 N–H and O–H groups in total. The molecule has 3 aromatic rings. The van der Waals surface area contributed by atoms with E-state index in [2.05, 4.69) is 18.5 Å². The van der Waals surface area contributed by atoms with E-state index in [4.69, 9.17) is 4.74 Å². The van der Waals surface area contributed by atoms with Crippen LogP contribution in [-0.4, -0.2) is 47.5 Å². The molecule has 0 fully saturated rings. The molecule has 0 bridgehead atoms. The zero-order chi connectivity index (χ0) is 31.7. The van der Waals surface area contributed by atoms with Crippen LogP contribution in [0.5, 0.6) is 0 Å². The molecule has 0 spiro atoms. The molecule has 0 aliphatic rings. The van der Waals surface area contributed by atoms with Gasteiger partial charge in [-0.2, -0.15) is 0 Å². The van der Waals surface area contributed by atoms with Gasteiger partial charge in [-0.15, -0.1) is 13.2 Å². The van der Waals surface area contributed by atoms with Crippen LogP contribution < -0.4 is 5.32 Å². The van der Waals surface area contributed by atoms with Crippen molar-refractivity contribution in [3.05, 3.63) is 133 Å². The van der Waals surface area contributed by atoms with Gasteiger partial charge >= 0.3 is 5.97 Å². The number of ether oxygens (including phenoxy) is 1. The molecule has 0 heterocycles. The van der Waals surface area contributed by atoms with E-state index in [-0.39, 0.29) is 50.2 Å². The highest BCUT2D eigenvalue weighted by molar-refractivity contribution is 5.86. The highest BCUT2D eigenvalue weighted by atomic mass is 19.1. The van der Waals surface area contributed by atoms with Crippen molar-refractivity contribution in [1.29, 1.82) is 0 Å². The minimum absolute atomic E-state index is 0.00184. The molecule has 0 aromatic heterocycles. The summed E-state index contributed by atoms with van der Waals surface area (Å²) in [5, 5.41) is 12.4. The van der Waals surface area contributed by atoms with Gasteiger partial charge in [0.15, 0.2) is 0 Å². The fourth-order valence-electron chi connectivity index (χ4n) is 4.88. The molecule has 0 saturated heterocycles. The number of benzene rings is 3. The average Bonchev–Trinajstić information content (AvgIpc) is 3.04. The largest absolute Gasteiger partial charge is 0.455 e. The standard InChI is InChI=1S/C36H41FN2O5/c1-3-11-30(24-34(41)39(21-22-40)26-28-13-7-5-8-14-28)35(42)38-25-33(29-15-9-6-10-16-29)44-36(43)31(12-4-2)23-27-17-19-32(37)20-18-27/h3-10,13-20,30-31,33,40H,1-2,11-12,21-26H2,(H,38,42)/t30-,31-,33-/m0/s1. The molecular weight excluding hydrogens is 559 g/mol. The Bertz CT molecular complexity index is 1350. The Morgan fingerprint density at radius 3 is 2.09 bits per heavy atom. The quantitative estimate of drug-likeness (QED) is 0.147. The van der Waals surface area contributed by atoms with Crippen molar-refractivity contribution in [3.63, 3.8) is 0 Å². The van der Waals surface area contributed by atoms with Crippen molar-refractivity contribution < 1.29 is 28.6 Å². The topological polar surface area (TPSA) is 95.9 Å². The Hall–Kier alpha value is -4.56. The summed E-state index contributed by atoms with van der Waals surface area (Å²) in [5.74, 6) is -2.69. The number of rotatable bonds is 18. The van der Waals surface area contributed by atoms with E-state index < -0.39 is 23.9 Å². The molecule has 0 aliphatic heterocycles. The van der Waals surface area contributed by atoms with Crippen molar-refractivity contribution in [2.75, 3.05) is 19.7 Å². The zero-order valence-corrected chi connectivity index (χ0v) is 24.9. The first kappa shape index (κ1) is 33.9. The number of hydrogen-bond acceptors (Lipinski definition) is 5. The van der Waals surface area contributed by atoms with Gasteiger partial charge in [0.05, 0.1) is 25.0 Å². The summed E-state index contributed by atoms with van der Waals surface area (Å²) in [6.07, 6.45) is 3.36. The maximum absolute atomic E-state index is 13.4. The fourth-order valence-corrected chi connectivity index (χ4v) is 4.88. The maximum Gasteiger partial charge on any atom is 0.310 e. The lowest BCUT2D eigenvalue weighted by molar-refractivity contribution is -0.154. The van der Waals surface area contributed by atoms with Crippen LogP contribution in [-0.2, 0) is 32.1 Å². The van der Waals surface area contributed by atoms with E-state index in [9.17, 15) is 23.9 Å². The van der Waals surface area contributed by atoms with Crippen LogP contribution in [0.3, 0.4) is 0 Å². The molecule has 7 nitrogen and oxygen atoms in total. The number of nitrogens with one attached hydrogen (secondary N) is 1. The molecule has 0 aliphatic carbocycles. The predicted octanol–water partition coefficient (Wildman–Crippen LogP) is 5.56. The minimum Gasteiger partial charge on any atom is -0.455 e. The normalized spacial score (nSPS) is 12.8. The van der Waals surface area contributed by atoms with Gasteiger partial charge in [-0.1, -0.05) is 84.9 Å². The first-order chi connectivity index (χ1) is 21.3. The van der Waals surface area contributed by atoms with Crippen LogP contribution in [0.1, 0.15) is 42.1 Å². The predicted molar refractivity (Wildman–Crippen MR) is 169 cm³/mol. The van der Waals surface area contributed by atoms with Gasteiger partial charge in [-0.3, -0.25) is 14.4 Å². The van der Waals surface area contributed by atoms with Crippen LogP contribution >= 0.6 is 0 Å². The molecule has 3 aromatic carbocycles. The Morgan fingerprint density at radius 2 is 1.48 bits per heavy atom. The summed E-state index contributed by atoms with van der Waals surface area (Å²) < 4.78 is 19.4. The van der Waals surface area contributed by atoms with Gasteiger partial charge in [-0.05, 0) is 48.1 Å². The molecule has 44 heavy (non-hydrogen) atoms. The number of carbonyl (C=O) groups is 3. The summed E-state index contributed by atoms with van der Waals surface area (Å²) in [6.45, 7) is 7.78. The average molecular weight is 601 g/mol. The molecule has 8 heteroatoms. The lowest BCUT2D eigenvalue weighted by Gasteiger charge is -2.25. The van der Waals surface area contributed by atoms with E-state index in [1.54, 1.807) is 24.3 Å². The summed E-state index contributed by atoms with van der Waals surface area (Å²) >= 11 is 0. The Kier molecular flexibility index (Phi) is 14.0. The summed E-state index contributed by atoms with van der Waals surface area (Å²) in [6, 6.07) is 24.5. The highest BCUT2D eigenvalue weighted by Gasteiger charge is 2.28. The van der Waals surface area contributed by atoms with E-state index in [1.807, 2.05) is 60.7 Å². The third-order valence-corrected chi connectivity index (χ3v) is 7.25. The SMILES string of the molecule is C=CC[C@@H](CC(=O)N(CCO)Cc1ccccc1)C(=O)NC[C@H](OC(=O)[C@@H](CC=C)Cc1ccc(F)cc1)c1ccccc1. The zero-order valence-electron chi connectivity index (χ0n) is 24.9. The Balaban J connectivity index is 1.70. The van der Waals surface area contributed by atoms with E-state index in [0.717, 1.165) is 11.1 Å². The number of carbonyl (C=O) groups excluding carboxylic acids is 3. The van der Waals surface area contributed by atoms with Crippen LogP contribution in [0.15, 0.2) is 110 Å². The lowest BCUT2D eigenvalue weighted by atomic mass is 9.96. The van der Waals surface area contributed by atoms with Gasteiger partial charge < -0.3 is 20.1 Å². The second kappa shape index (κ2) is 18.2. The number of aliphatic hydroxyl groups excluding tert-OH is 1. The maximum atomic E-state index is 13.4. The molecule has 3 rings (SSSR count). The number of esters is 1. The van der Waals surface area contributed by atoms with E-state index >= 15 is 0 Å². The van der Waals surface area contributed by atoms with Crippen molar-refractivity contribution in [2.45, 2.75) is 38.3 Å². The number of nitrogens with zero attached hydrogens (tertiary/aromatic N) is 1. The summed E-state index contributed by atoms with van der Waals surface area (Å²) in [5.41, 5.74) is 2.41. The first-order valence-corrected chi connectivity index (χ1v) is 14.8. The molecule has 232 valence electrons. The third-order valence-electron chi connectivity index (χ3n) is 7.25. The van der Waals surface area contributed by atoms with Gasteiger partial charge in [0.25, 0.3) is 0 Å². The van der Waals surface area contributed by atoms with E-state index in [1.165, 1.54) is 17.0 Å². The molecule has 0 radical (unpaired) electrons.